The molecule has 0 saturated carbocycles. The molecule has 6 aliphatic carbocycles. The van der Waals surface area contributed by atoms with Crippen LogP contribution in [0.3, 0.4) is 0 Å². The zero-order chi connectivity index (χ0) is 43.3. The van der Waals surface area contributed by atoms with Crippen LogP contribution in [0.25, 0.3) is 27.8 Å². The Morgan fingerprint density at radius 3 is 1.61 bits per heavy atom. The highest BCUT2D eigenvalue weighted by Gasteiger charge is 2.33. The van der Waals surface area contributed by atoms with Crippen LogP contribution in [-0.4, -0.2) is 5.54 Å². The number of benzene rings is 4. The van der Waals surface area contributed by atoms with E-state index in [-0.39, 0.29) is 5.54 Å². The van der Waals surface area contributed by atoms with Crippen molar-refractivity contribution in [1.29, 1.82) is 0 Å². The third-order valence-corrected chi connectivity index (χ3v) is 14.0. The highest BCUT2D eigenvalue weighted by atomic mass is 15.2. The smallest absolute Gasteiger partial charge is 0.0639 e. The fourth-order valence-corrected chi connectivity index (χ4v) is 10.5. The third kappa shape index (κ3) is 8.93. The highest BCUT2D eigenvalue weighted by molar-refractivity contribution is 5.75. The standard InChI is InChI=1S/C62H60N2/c1-46-14-12-19-54(44-46)52-26-36-59(37-27-52)63(57-32-22-49(23-33-57)47-15-6-3-7-16-47)58-34-24-50(25-35-58)51-28-38-60(39-29-51)64(62(2)42-10-5-11-43-62)61-40-30-53(31-41-61)56-21-13-20-55(45-56)48-17-8-4-9-18-48/h3-6,8-15,17-22,24,26-28,30-32,34,36-38,40-42,45-46H,7,16,23,25,29,33,35,39,43-44H2,1-2H3/t46-,62+/m0/s1. The van der Waals surface area contributed by atoms with Gasteiger partial charge < -0.3 is 9.80 Å². The van der Waals surface area contributed by atoms with Gasteiger partial charge in [0.1, 0.15) is 0 Å². The molecule has 0 spiro atoms. The number of hydrogen-bond acceptors (Lipinski definition) is 2. The molecule has 10 rings (SSSR count). The highest BCUT2D eigenvalue weighted by Crippen LogP contribution is 2.42. The van der Waals surface area contributed by atoms with Crippen LogP contribution in [0, 0.1) is 5.92 Å². The summed E-state index contributed by atoms with van der Waals surface area (Å²) in [5.74, 6) is 0.579. The van der Waals surface area contributed by atoms with Crippen LogP contribution < -0.4 is 9.80 Å². The zero-order valence-corrected chi connectivity index (χ0v) is 37.6. The van der Waals surface area contributed by atoms with Crippen molar-refractivity contribution < 1.29 is 0 Å². The van der Waals surface area contributed by atoms with E-state index in [9.17, 15) is 0 Å². The molecule has 318 valence electrons. The van der Waals surface area contributed by atoms with Crippen molar-refractivity contribution in [3.63, 3.8) is 0 Å². The number of rotatable bonds is 11. The van der Waals surface area contributed by atoms with Crippen molar-refractivity contribution in [2.45, 2.75) is 83.6 Å². The van der Waals surface area contributed by atoms with E-state index in [0.717, 1.165) is 64.2 Å². The molecule has 0 aromatic heterocycles. The molecule has 64 heavy (non-hydrogen) atoms. The lowest BCUT2D eigenvalue weighted by atomic mass is 9.86. The van der Waals surface area contributed by atoms with E-state index in [1.54, 1.807) is 0 Å². The first-order valence-corrected chi connectivity index (χ1v) is 23.7. The van der Waals surface area contributed by atoms with Gasteiger partial charge in [-0.25, -0.2) is 0 Å². The molecular formula is C62H60N2. The van der Waals surface area contributed by atoms with Crippen molar-refractivity contribution in [3.8, 4) is 22.3 Å². The SMILES string of the molecule is C[C@H]1C=CC=C(c2ccc(N(C3=CC=C(C4=CC=CCC4)CC3)C3=CC=C(C4=CC=C(N(c5ccc(-c6cccc(-c7ccccc7)c6)cc5)[C@]5(C)C=CC=CC5)CC4)CC3)cc2)C1. The third-order valence-electron chi connectivity index (χ3n) is 14.0. The molecule has 2 nitrogen and oxygen atoms in total. The number of nitrogens with zero attached hydrogens (tertiary/aromatic N) is 2. The van der Waals surface area contributed by atoms with E-state index >= 15 is 0 Å². The molecule has 0 N–H and O–H groups in total. The lowest BCUT2D eigenvalue weighted by Crippen LogP contribution is -2.45. The van der Waals surface area contributed by atoms with Gasteiger partial charge in [0, 0.05) is 28.5 Å². The molecule has 0 unspecified atom stereocenters. The summed E-state index contributed by atoms with van der Waals surface area (Å²) in [5, 5.41) is 0. The van der Waals surface area contributed by atoms with Crippen LogP contribution >= 0.6 is 0 Å². The Labute approximate surface area is 382 Å². The minimum atomic E-state index is -0.152. The first kappa shape index (κ1) is 41.4. The van der Waals surface area contributed by atoms with E-state index in [0.29, 0.717) is 5.92 Å². The summed E-state index contributed by atoms with van der Waals surface area (Å²) < 4.78 is 0. The largest absolute Gasteiger partial charge is 0.335 e. The van der Waals surface area contributed by atoms with Crippen molar-refractivity contribution in [1.82, 2.24) is 0 Å². The molecule has 2 atom stereocenters. The van der Waals surface area contributed by atoms with Gasteiger partial charge in [-0.2, -0.15) is 0 Å². The van der Waals surface area contributed by atoms with E-state index in [1.807, 2.05) is 0 Å². The van der Waals surface area contributed by atoms with Crippen LogP contribution in [0.1, 0.15) is 83.6 Å². The molecule has 0 amide bonds. The summed E-state index contributed by atoms with van der Waals surface area (Å²) in [6.07, 6.45) is 47.8. The Hall–Kier alpha value is -6.64. The molecule has 0 saturated heterocycles. The van der Waals surface area contributed by atoms with E-state index in [1.165, 1.54) is 84.1 Å². The van der Waals surface area contributed by atoms with Gasteiger partial charge in [-0.05, 0) is 181 Å². The average molecular weight is 833 g/mol. The van der Waals surface area contributed by atoms with Gasteiger partial charge >= 0.3 is 0 Å². The monoisotopic (exact) mass is 832 g/mol. The second kappa shape index (κ2) is 18.6. The lowest BCUT2D eigenvalue weighted by molar-refractivity contribution is 0.540. The molecule has 2 heteroatoms. The summed E-state index contributed by atoms with van der Waals surface area (Å²) in [4.78, 5) is 5.17. The Balaban J connectivity index is 0.921. The minimum Gasteiger partial charge on any atom is -0.335 e. The Kier molecular flexibility index (Phi) is 12.0. The van der Waals surface area contributed by atoms with Gasteiger partial charge in [0.2, 0.25) is 0 Å². The Bertz CT molecular complexity index is 2770. The fourth-order valence-electron chi connectivity index (χ4n) is 10.5. The first-order valence-electron chi connectivity index (χ1n) is 23.7. The van der Waals surface area contributed by atoms with Gasteiger partial charge in [-0.3, -0.25) is 0 Å². The molecule has 0 heterocycles. The molecule has 4 aromatic rings. The van der Waals surface area contributed by atoms with Gasteiger partial charge in [-0.1, -0.05) is 159 Å². The summed E-state index contributed by atoms with van der Waals surface area (Å²) in [7, 11) is 0. The second-order valence-electron chi connectivity index (χ2n) is 18.5. The van der Waals surface area contributed by atoms with Crippen LogP contribution in [-0.2, 0) is 0 Å². The Morgan fingerprint density at radius 1 is 0.453 bits per heavy atom. The first-order chi connectivity index (χ1) is 31.5. The Morgan fingerprint density at radius 2 is 1.03 bits per heavy atom. The summed E-state index contributed by atoms with van der Waals surface area (Å²) in [6.45, 7) is 4.69. The normalized spacial score (nSPS) is 21.7. The van der Waals surface area contributed by atoms with Gasteiger partial charge in [0.05, 0.1) is 5.54 Å². The quantitative estimate of drug-likeness (QED) is 0.149. The van der Waals surface area contributed by atoms with Crippen LogP contribution in [0.5, 0.6) is 0 Å². The van der Waals surface area contributed by atoms with Crippen molar-refractivity contribution in [2.24, 2.45) is 5.92 Å². The maximum atomic E-state index is 2.60. The van der Waals surface area contributed by atoms with E-state index in [4.69, 9.17) is 0 Å². The average Bonchev–Trinajstić information content (AvgIpc) is 3.36. The minimum absolute atomic E-state index is 0.152. The van der Waals surface area contributed by atoms with Gasteiger partial charge in [0.25, 0.3) is 0 Å². The van der Waals surface area contributed by atoms with Crippen molar-refractivity contribution in [2.75, 3.05) is 9.80 Å². The zero-order valence-electron chi connectivity index (χ0n) is 37.6. The molecule has 0 bridgehead atoms. The topological polar surface area (TPSA) is 6.48 Å². The van der Waals surface area contributed by atoms with Crippen LogP contribution in [0.4, 0.5) is 11.4 Å². The van der Waals surface area contributed by atoms with Crippen LogP contribution in [0.15, 0.2) is 240 Å². The van der Waals surface area contributed by atoms with Gasteiger partial charge in [-0.15, -0.1) is 0 Å². The fraction of sp³-hybridized carbons (Fsp3) is 0.226. The molecule has 0 radical (unpaired) electrons. The number of hydrogen-bond donors (Lipinski definition) is 0. The lowest BCUT2D eigenvalue weighted by Gasteiger charge is -2.44. The summed E-state index contributed by atoms with van der Waals surface area (Å²) in [5.41, 5.74) is 20.1. The van der Waals surface area contributed by atoms with Gasteiger partial charge in [0.15, 0.2) is 0 Å². The molecule has 6 aliphatic rings. The maximum absolute atomic E-state index is 2.60. The van der Waals surface area contributed by atoms with Crippen molar-refractivity contribution in [3.05, 3.63) is 245 Å². The number of anilines is 2. The maximum Gasteiger partial charge on any atom is 0.0639 e. The molecule has 0 aliphatic heterocycles. The molecule has 4 aromatic carbocycles. The second-order valence-corrected chi connectivity index (χ2v) is 18.5. The van der Waals surface area contributed by atoms with E-state index in [2.05, 4.69) is 224 Å². The molecular weight excluding hydrogens is 773 g/mol. The summed E-state index contributed by atoms with van der Waals surface area (Å²) in [6, 6.07) is 38.2. The van der Waals surface area contributed by atoms with Crippen molar-refractivity contribution >= 4 is 16.9 Å². The number of allylic oxidation sites excluding steroid dienone is 22. The van der Waals surface area contributed by atoms with Crippen LogP contribution in [0.2, 0.25) is 0 Å². The summed E-state index contributed by atoms with van der Waals surface area (Å²) >= 11 is 0. The predicted molar refractivity (Wildman–Crippen MR) is 274 cm³/mol. The molecule has 0 fully saturated rings. The predicted octanol–water partition coefficient (Wildman–Crippen LogP) is 16.7. The van der Waals surface area contributed by atoms with E-state index < -0.39 is 0 Å².